The molecule has 0 saturated carbocycles. The van der Waals surface area contributed by atoms with E-state index in [-0.39, 0.29) is 12.3 Å². The van der Waals surface area contributed by atoms with E-state index >= 15 is 0 Å². The van der Waals surface area contributed by atoms with Crippen LogP contribution >= 0.6 is 46.1 Å². The number of ether oxygens (including phenoxy) is 1. The summed E-state index contributed by atoms with van der Waals surface area (Å²) < 4.78 is 7.82. The van der Waals surface area contributed by atoms with Gasteiger partial charge in [0.15, 0.2) is 5.69 Å². The fourth-order valence-electron chi connectivity index (χ4n) is 2.94. The Morgan fingerprint density at radius 3 is 2.70 bits per heavy atom. The van der Waals surface area contributed by atoms with Gasteiger partial charge in [-0.25, -0.2) is 9.48 Å². The van der Waals surface area contributed by atoms with E-state index in [2.05, 4.69) is 5.10 Å². The molecule has 1 aromatic carbocycles. The van der Waals surface area contributed by atoms with Crippen molar-refractivity contribution in [3.05, 3.63) is 66.5 Å². The number of rotatable bonds is 3. The van der Waals surface area contributed by atoms with Crippen molar-refractivity contribution >= 4 is 63.8 Å². The third-order valence-electron chi connectivity index (χ3n) is 4.04. The van der Waals surface area contributed by atoms with Crippen molar-refractivity contribution in [3.8, 4) is 5.69 Å². The number of halogens is 3. The lowest BCUT2D eigenvalue weighted by molar-refractivity contribution is 0.0683. The maximum atomic E-state index is 11.7. The van der Waals surface area contributed by atoms with Crippen LogP contribution in [0.15, 0.2) is 30.3 Å². The lowest BCUT2D eigenvalue weighted by Gasteiger charge is -2.19. The lowest BCUT2D eigenvalue weighted by Crippen LogP contribution is -2.13. The van der Waals surface area contributed by atoms with Crippen LogP contribution in [0.25, 0.3) is 17.3 Å². The molecule has 2 aromatic heterocycles. The number of aromatic carboxylic acids is 1. The van der Waals surface area contributed by atoms with Crippen molar-refractivity contribution in [1.82, 2.24) is 9.78 Å². The van der Waals surface area contributed by atoms with E-state index in [0.717, 1.165) is 10.5 Å². The Bertz CT molecular complexity index is 1090. The largest absolute Gasteiger partial charge is 0.476 e. The Morgan fingerprint density at radius 1 is 1.22 bits per heavy atom. The van der Waals surface area contributed by atoms with E-state index in [1.165, 1.54) is 11.3 Å². The average Bonchev–Trinajstić information content (AvgIpc) is 3.19. The molecule has 0 atom stereocenters. The van der Waals surface area contributed by atoms with Crippen LogP contribution in [0.2, 0.25) is 14.4 Å². The van der Waals surface area contributed by atoms with Gasteiger partial charge >= 0.3 is 5.97 Å². The Kier molecular flexibility index (Phi) is 5.01. The minimum atomic E-state index is -1.13. The number of carboxylic acids is 1. The predicted octanol–water partition coefficient (Wildman–Crippen LogP) is 5.66. The summed E-state index contributed by atoms with van der Waals surface area (Å²) in [5.41, 5.74) is 2.44. The van der Waals surface area contributed by atoms with E-state index < -0.39 is 5.97 Å². The summed E-state index contributed by atoms with van der Waals surface area (Å²) in [4.78, 5) is 12.6. The van der Waals surface area contributed by atoms with Crippen LogP contribution in [0.5, 0.6) is 0 Å². The zero-order valence-corrected chi connectivity index (χ0v) is 16.7. The van der Waals surface area contributed by atoms with Gasteiger partial charge in [-0.05, 0) is 36.4 Å². The van der Waals surface area contributed by atoms with E-state index in [1.54, 1.807) is 28.9 Å². The first-order chi connectivity index (χ1) is 12.9. The van der Waals surface area contributed by atoms with Gasteiger partial charge in [-0.3, -0.25) is 0 Å². The first kappa shape index (κ1) is 18.5. The molecule has 0 saturated heterocycles. The number of hydrogen-bond donors (Lipinski definition) is 1. The van der Waals surface area contributed by atoms with Gasteiger partial charge in [0.25, 0.3) is 0 Å². The molecule has 3 heterocycles. The van der Waals surface area contributed by atoms with E-state index in [0.29, 0.717) is 37.9 Å². The average molecular weight is 442 g/mol. The van der Waals surface area contributed by atoms with Gasteiger partial charge in [0.2, 0.25) is 0 Å². The van der Waals surface area contributed by atoms with Gasteiger partial charge in [0.05, 0.1) is 34.0 Å². The summed E-state index contributed by atoms with van der Waals surface area (Å²) in [6, 6.07) is 8.67. The van der Waals surface area contributed by atoms with Crippen molar-refractivity contribution in [2.45, 2.75) is 6.61 Å². The van der Waals surface area contributed by atoms with Gasteiger partial charge < -0.3 is 9.84 Å². The fourth-order valence-corrected chi connectivity index (χ4v) is 4.45. The lowest BCUT2D eigenvalue weighted by atomic mass is 10.0. The number of carbonyl (C=O) groups is 1. The van der Waals surface area contributed by atoms with E-state index in [4.69, 9.17) is 39.5 Å². The van der Waals surface area contributed by atoms with E-state index in [1.807, 2.05) is 12.1 Å². The Labute approximate surface area is 173 Å². The predicted molar refractivity (Wildman–Crippen MR) is 107 cm³/mol. The molecule has 9 heteroatoms. The summed E-state index contributed by atoms with van der Waals surface area (Å²) in [5, 5.41) is 14.7. The number of fused-ring (bicyclic) bond motifs is 1. The monoisotopic (exact) mass is 440 g/mol. The van der Waals surface area contributed by atoms with Crippen LogP contribution < -0.4 is 0 Å². The molecule has 0 aliphatic carbocycles. The Balaban J connectivity index is 1.95. The maximum absolute atomic E-state index is 11.7. The first-order valence-corrected chi connectivity index (χ1v) is 9.73. The summed E-state index contributed by atoms with van der Waals surface area (Å²) in [7, 11) is 0. The highest BCUT2D eigenvalue weighted by Gasteiger charge is 2.29. The third-order valence-corrected chi connectivity index (χ3v) is 5.76. The second kappa shape index (κ2) is 7.30. The molecule has 3 aromatic rings. The standard InChI is InChI=1S/C18H11Cl3N2O3S/c19-10-1-3-14(13(20)6-10)23-17-9(5-11-2-4-15(21)27-11)7-26-8-12(17)16(22-23)18(24)25/h1-6H,7-8H2,(H,24,25)/b9-5-. The molecule has 1 aliphatic heterocycles. The molecule has 0 fully saturated rings. The van der Waals surface area contributed by atoms with E-state index in [9.17, 15) is 9.90 Å². The molecular formula is C18H11Cl3N2O3S. The van der Waals surface area contributed by atoms with Crippen LogP contribution in [-0.2, 0) is 11.3 Å². The summed E-state index contributed by atoms with van der Waals surface area (Å²) in [6.07, 6.45) is 1.92. The van der Waals surface area contributed by atoms with Crippen molar-refractivity contribution in [3.63, 3.8) is 0 Å². The highest BCUT2D eigenvalue weighted by Crippen LogP contribution is 2.35. The van der Waals surface area contributed by atoms with Gasteiger partial charge in [0.1, 0.15) is 0 Å². The van der Waals surface area contributed by atoms with Crippen LogP contribution in [0, 0.1) is 0 Å². The molecule has 138 valence electrons. The highest BCUT2D eigenvalue weighted by atomic mass is 35.5. The molecule has 0 unspecified atom stereocenters. The Morgan fingerprint density at radius 2 is 2.04 bits per heavy atom. The zero-order chi connectivity index (χ0) is 19.1. The van der Waals surface area contributed by atoms with Crippen molar-refractivity contribution < 1.29 is 14.6 Å². The van der Waals surface area contributed by atoms with Crippen LogP contribution in [0.3, 0.4) is 0 Å². The molecule has 0 radical (unpaired) electrons. The second-order valence-electron chi connectivity index (χ2n) is 5.79. The number of benzene rings is 1. The third kappa shape index (κ3) is 3.51. The van der Waals surface area contributed by atoms with Crippen LogP contribution in [0.4, 0.5) is 0 Å². The smallest absolute Gasteiger partial charge is 0.356 e. The molecule has 1 N–H and O–H groups in total. The molecule has 4 rings (SSSR count). The number of nitrogens with zero attached hydrogens (tertiary/aromatic N) is 2. The minimum absolute atomic E-state index is 0.0640. The highest BCUT2D eigenvalue weighted by molar-refractivity contribution is 7.17. The van der Waals surface area contributed by atoms with Gasteiger partial charge in [-0.1, -0.05) is 34.8 Å². The quantitative estimate of drug-likeness (QED) is 0.569. The molecule has 1 aliphatic rings. The van der Waals surface area contributed by atoms with Crippen molar-refractivity contribution in [2.75, 3.05) is 6.61 Å². The topological polar surface area (TPSA) is 64.3 Å². The molecule has 27 heavy (non-hydrogen) atoms. The summed E-state index contributed by atoms with van der Waals surface area (Å²) in [6.45, 7) is 0.475. The molecule has 0 spiro atoms. The first-order valence-electron chi connectivity index (χ1n) is 7.78. The SMILES string of the molecule is O=C(O)c1nn(-c2ccc(Cl)cc2Cl)c2c1COC/C2=C/c1ccc(Cl)s1. The Hall–Kier alpha value is -1.83. The second-order valence-corrected chi connectivity index (χ2v) is 8.38. The fraction of sp³-hybridized carbons (Fsp3) is 0.111. The molecule has 5 nitrogen and oxygen atoms in total. The van der Waals surface area contributed by atoms with Gasteiger partial charge in [-0.15, -0.1) is 11.3 Å². The number of thiophene rings is 1. The number of hydrogen-bond acceptors (Lipinski definition) is 4. The van der Waals surface area contributed by atoms with Crippen molar-refractivity contribution in [2.24, 2.45) is 0 Å². The molecular weight excluding hydrogens is 431 g/mol. The number of aromatic nitrogens is 2. The number of carboxylic acid groups (broad SMARTS) is 1. The maximum Gasteiger partial charge on any atom is 0.356 e. The van der Waals surface area contributed by atoms with Crippen molar-refractivity contribution in [1.29, 1.82) is 0 Å². The molecule has 0 amide bonds. The van der Waals surface area contributed by atoms with Crippen LogP contribution in [0.1, 0.15) is 26.6 Å². The normalized spacial score (nSPS) is 15.1. The molecule has 0 bridgehead atoms. The van der Waals surface area contributed by atoms with Gasteiger partial charge in [0, 0.05) is 21.0 Å². The summed E-state index contributed by atoms with van der Waals surface area (Å²) >= 11 is 19.8. The minimum Gasteiger partial charge on any atom is -0.476 e. The van der Waals surface area contributed by atoms with Crippen LogP contribution in [-0.4, -0.2) is 27.5 Å². The summed E-state index contributed by atoms with van der Waals surface area (Å²) in [5.74, 6) is -1.13. The zero-order valence-electron chi connectivity index (χ0n) is 13.6. The van der Waals surface area contributed by atoms with Gasteiger partial charge in [-0.2, -0.15) is 5.10 Å².